The second kappa shape index (κ2) is 6.45. The summed E-state index contributed by atoms with van der Waals surface area (Å²) >= 11 is 0. The molecule has 0 aromatic carbocycles. The second-order valence-corrected chi connectivity index (χ2v) is 6.10. The molecule has 6 nitrogen and oxygen atoms in total. The molecule has 4 atom stereocenters. The van der Waals surface area contributed by atoms with Gasteiger partial charge in [-0.25, -0.2) is 0 Å². The molecule has 1 aliphatic carbocycles. The number of carbonyl (C=O) groups excluding carboxylic acids is 2. The third-order valence-corrected chi connectivity index (χ3v) is 4.96. The van der Waals surface area contributed by atoms with Gasteiger partial charge in [0.25, 0.3) is 0 Å². The van der Waals surface area contributed by atoms with Crippen LogP contribution in [0.5, 0.6) is 0 Å². The van der Waals surface area contributed by atoms with Crippen LogP contribution in [0.2, 0.25) is 0 Å². The zero-order valence-corrected chi connectivity index (χ0v) is 12.7. The maximum Gasteiger partial charge on any atom is 0.307 e. The van der Waals surface area contributed by atoms with Crippen LogP contribution in [0, 0.1) is 17.8 Å². The topological polar surface area (TPSA) is 86.7 Å². The van der Waals surface area contributed by atoms with Gasteiger partial charge in [-0.15, -0.1) is 0 Å². The fraction of sp³-hybridized carbons (Fsp3) is 0.800. The molecule has 2 aliphatic rings. The van der Waals surface area contributed by atoms with Gasteiger partial charge in [0.05, 0.1) is 11.8 Å². The van der Waals surface area contributed by atoms with Gasteiger partial charge in [0.2, 0.25) is 11.8 Å². The highest BCUT2D eigenvalue weighted by molar-refractivity contribution is 5.91. The Bertz CT molecular complexity index is 437. The lowest BCUT2D eigenvalue weighted by atomic mass is 9.94. The Morgan fingerprint density at radius 1 is 1.24 bits per heavy atom. The molecule has 1 heterocycles. The molecule has 2 fully saturated rings. The van der Waals surface area contributed by atoms with Crippen LogP contribution in [0.25, 0.3) is 0 Å². The summed E-state index contributed by atoms with van der Waals surface area (Å²) in [7, 11) is 1.56. The first kappa shape index (κ1) is 15.8. The molecule has 0 radical (unpaired) electrons. The fourth-order valence-corrected chi connectivity index (χ4v) is 3.70. The maximum absolute atomic E-state index is 12.7. The minimum atomic E-state index is -0.889. The number of nitrogens with zero attached hydrogens (tertiary/aromatic N) is 1. The maximum atomic E-state index is 12.7. The summed E-state index contributed by atoms with van der Waals surface area (Å²) < 4.78 is 0. The Morgan fingerprint density at radius 3 is 2.48 bits per heavy atom. The van der Waals surface area contributed by atoms with E-state index >= 15 is 0 Å². The monoisotopic (exact) mass is 296 g/mol. The normalized spacial score (nSPS) is 32.2. The van der Waals surface area contributed by atoms with Crippen molar-refractivity contribution in [2.24, 2.45) is 17.8 Å². The molecule has 1 saturated carbocycles. The van der Waals surface area contributed by atoms with Crippen LogP contribution >= 0.6 is 0 Å². The van der Waals surface area contributed by atoms with E-state index in [1.165, 1.54) is 0 Å². The highest BCUT2D eigenvalue weighted by atomic mass is 16.4. The number of amides is 2. The first-order chi connectivity index (χ1) is 9.99. The first-order valence-electron chi connectivity index (χ1n) is 7.74. The second-order valence-electron chi connectivity index (χ2n) is 6.10. The lowest BCUT2D eigenvalue weighted by Gasteiger charge is -2.27. The van der Waals surface area contributed by atoms with Crippen molar-refractivity contribution < 1.29 is 19.5 Å². The van der Waals surface area contributed by atoms with Crippen LogP contribution in [-0.4, -0.2) is 47.4 Å². The third kappa shape index (κ3) is 3.04. The molecule has 1 aliphatic heterocycles. The summed E-state index contributed by atoms with van der Waals surface area (Å²) in [6.07, 6.45) is 3.55. The van der Waals surface area contributed by atoms with Gasteiger partial charge in [-0.2, -0.15) is 0 Å². The van der Waals surface area contributed by atoms with Gasteiger partial charge in [0.15, 0.2) is 0 Å². The van der Waals surface area contributed by atoms with Crippen molar-refractivity contribution in [2.45, 2.75) is 45.1 Å². The third-order valence-electron chi connectivity index (χ3n) is 4.96. The Labute approximate surface area is 124 Å². The van der Waals surface area contributed by atoms with Gasteiger partial charge in [-0.1, -0.05) is 13.3 Å². The van der Waals surface area contributed by atoms with E-state index in [-0.39, 0.29) is 11.8 Å². The Hall–Kier alpha value is -1.59. The number of likely N-dealkylation sites (N-methyl/N-ethyl adjacent to an activating group) is 1. The summed E-state index contributed by atoms with van der Waals surface area (Å²) in [5.41, 5.74) is 0. The molecular formula is C15H24N2O4. The summed E-state index contributed by atoms with van der Waals surface area (Å²) in [4.78, 5) is 37.6. The molecule has 2 amide bonds. The molecule has 0 aromatic rings. The van der Waals surface area contributed by atoms with E-state index < -0.39 is 23.8 Å². The summed E-state index contributed by atoms with van der Waals surface area (Å²) in [5.74, 6) is -1.98. The average Bonchev–Trinajstić information content (AvgIpc) is 3.12. The lowest BCUT2D eigenvalue weighted by Crippen LogP contribution is -2.48. The average molecular weight is 296 g/mol. The minimum absolute atomic E-state index is 0.149. The molecule has 118 valence electrons. The molecule has 1 saturated heterocycles. The van der Waals surface area contributed by atoms with E-state index in [1.54, 1.807) is 11.9 Å². The van der Waals surface area contributed by atoms with Crippen molar-refractivity contribution in [3.63, 3.8) is 0 Å². The minimum Gasteiger partial charge on any atom is -0.481 e. The van der Waals surface area contributed by atoms with Crippen molar-refractivity contribution in [3.05, 3.63) is 0 Å². The van der Waals surface area contributed by atoms with Gasteiger partial charge in [-0.3, -0.25) is 14.4 Å². The molecule has 0 aromatic heterocycles. The number of carboxylic acids is 1. The van der Waals surface area contributed by atoms with Crippen LogP contribution in [0.3, 0.4) is 0 Å². The predicted molar refractivity (Wildman–Crippen MR) is 76.4 cm³/mol. The van der Waals surface area contributed by atoms with Gasteiger partial charge in [-0.05, 0) is 31.6 Å². The standard InChI is InChI=1S/C15H24N2O4/c1-3-9-7-10(11(8-9)15(20)21)14(19)17-6-4-5-12(17)13(18)16-2/h9-12H,3-8H2,1-2H3,(H,16,18)(H,20,21)/t9?,10-,11+,12?/m0/s1. The number of carboxylic acid groups (broad SMARTS) is 1. The van der Waals surface area contributed by atoms with E-state index in [0.717, 1.165) is 12.8 Å². The van der Waals surface area contributed by atoms with Crippen molar-refractivity contribution in [2.75, 3.05) is 13.6 Å². The van der Waals surface area contributed by atoms with Crippen molar-refractivity contribution >= 4 is 17.8 Å². The summed E-state index contributed by atoms with van der Waals surface area (Å²) in [5, 5.41) is 11.9. The molecule has 6 heteroatoms. The van der Waals surface area contributed by atoms with E-state index in [0.29, 0.717) is 31.7 Å². The van der Waals surface area contributed by atoms with E-state index in [2.05, 4.69) is 5.32 Å². The van der Waals surface area contributed by atoms with E-state index in [4.69, 9.17) is 0 Å². The number of aliphatic carboxylic acids is 1. The summed E-state index contributed by atoms with van der Waals surface area (Å²) in [6, 6.07) is -0.433. The predicted octanol–water partition coefficient (Wildman–Crippen LogP) is 0.860. The lowest BCUT2D eigenvalue weighted by molar-refractivity contribution is -0.150. The van der Waals surface area contributed by atoms with E-state index in [1.807, 2.05) is 6.92 Å². The Balaban J connectivity index is 2.14. The quantitative estimate of drug-likeness (QED) is 0.805. The van der Waals surface area contributed by atoms with Crippen LogP contribution < -0.4 is 5.32 Å². The highest BCUT2D eigenvalue weighted by Gasteiger charge is 2.46. The molecule has 21 heavy (non-hydrogen) atoms. The highest BCUT2D eigenvalue weighted by Crippen LogP contribution is 2.40. The Kier molecular flexibility index (Phi) is 4.85. The van der Waals surface area contributed by atoms with E-state index in [9.17, 15) is 19.5 Å². The van der Waals surface area contributed by atoms with Crippen molar-refractivity contribution in [3.8, 4) is 0 Å². The van der Waals surface area contributed by atoms with Gasteiger partial charge < -0.3 is 15.3 Å². The first-order valence-corrected chi connectivity index (χ1v) is 7.74. The molecule has 2 unspecified atom stereocenters. The SMILES string of the molecule is CCC1C[C@H](C(=O)N2CCCC2C(=O)NC)[C@H](C(=O)O)C1. The van der Waals surface area contributed by atoms with Gasteiger partial charge >= 0.3 is 5.97 Å². The molecule has 0 bridgehead atoms. The smallest absolute Gasteiger partial charge is 0.307 e. The molecular weight excluding hydrogens is 272 g/mol. The Morgan fingerprint density at radius 2 is 1.90 bits per heavy atom. The van der Waals surface area contributed by atoms with Crippen LogP contribution in [0.4, 0.5) is 0 Å². The zero-order chi connectivity index (χ0) is 15.6. The largest absolute Gasteiger partial charge is 0.481 e. The fourth-order valence-electron chi connectivity index (χ4n) is 3.70. The number of hydrogen-bond acceptors (Lipinski definition) is 3. The van der Waals surface area contributed by atoms with Crippen LogP contribution in [0.1, 0.15) is 39.0 Å². The van der Waals surface area contributed by atoms with Crippen molar-refractivity contribution in [1.82, 2.24) is 10.2 Å². The number of likely N-dealkylation sites (tertiary alicyclic amines) is 1. The van der Waals surface area contributed by atoms with Crippen LogP contribution in [0.15, 0.2) is 0 Å². The number of carbonyl (C=O) groups is 3. The summed E-state index contributed by atoms with van der Waals surface area (Å²) in [6.45, 7) is 2.58. The van der Waals surface area contributed by atoms with Crippen molar-refractivity contribution in [1.29, 1.82) is 0 Å². The zero-order valence-electron chi connectivity index (χ0n) is 12.7. The van der Waals surface area contributed by atoms with Gasteiger partial charge in [0.1, 0.15) is 6.04 Å². The van der Waals surface area contributed by atoms with Crippen LogP contribution in [-0.2, 0) is 14.4 Å². The van der Waals surface area contributed by atoms with Gasteiger partial charge in [0, 0.05) is 13.6 Å². The number of rotatable bonds is 4. The molecule has 2 rings (SSSR count). The molecule has 0 spiro atoms. The molecule has 2 N–H and O–H groups in total. The number of nitrogens with one attached hydrogen (secondary N) is 1. The number of hydrogen-bond donors (Lipinski definition) is 2.